The van der Waals surface area contributed by atoms with Gasteiger partial charge in [0.05, 0.1) is 5.02 Å². The van der Waals surface area contributed by atoms with E-state index in [9.17, 15) is 8.42 Å². The lowest BCUT2D eigenvalue weighted by atomic mass is 10.1. The molecule has 3 nitrogen and oxygen atoms in total. The average Bonchev–Trinajstić information content (AvgIpc) is 1.95. The monoisotopic (exact) mass is 220 g/mol. The molecule has 0 aliphatic rings. The van der Waals surface area contributed by atoms with E-state index in [1.807, 2.05) is 0 Å². The molecular weight excluding hydrogens is 212 g/mol. The third kappa shape index (κ3) is 2.02. The molecule has 0 radical (unpaired) electrons. The van der Waals surface area contributed by atoms with E-state index >= 15 is 0 Å². The van der Waals surface area contributed by atoms with Gasteiger partial charge >= 0.3 is 0 Å². The van der Waals surface area contributed by atoms with E-state index in [2.05, 4.69) is 0 Å². The molecule has 0 bridgehead atoms. The van der Waals surface area contributed by atoms with Crippen LogP contribution in [-0.4, -0.2) is 13.0 Å². The summed E-state index contributed by atoms with van der Waals surface area (Å²) in [6, 6.07) is 3.15. The summed E-state index contributed by atoms with van der Waals surface area (Å²) in [5.74, 6) is 0. The van der Waals surface area contributed by atoms with Crippen LogP contribution < -0.4 is 0 Å². The molecule has 1 N–H and O–H groups in total. The molecule has 0 saturated heterocycles. The Morgan fingerprint density at radius 3 is 2.23 bits per heavy atom. The van der Waals surface area contributed by atoms with Crippen LogP contribution in [0.15, 0.2) is 17.0 Å². The predicted octanol–water partition coefficient (Wildman–Crippen LogP) is 2.20. The highest BCUT2D eigenvalue weighted by atomic mass is 35.5. The molecule has 1 rings (SSSR count). The van der Waals surface area contributed by atoms with Gasteiger partial charge in [-0.3, -0.25) is 4.55 Å². The molecule has 0 fully saturated rings. The minimum absolute atomic E-state index is 0.0469. The summed E-state index contributed by atoms with van der Waals surface area (Å²) in [6.45, 7) is 3.35. The second kappa shape index (κ2) is 3.29. The molecule has 0 heterocycles. The van der Waals surface area contributed by atoms with Crippen LogP contribution in [0.3, 0.4) is 0 Å². The maximum absolute atomic E-state index is 10.9. The zero-order valence-corrected chi connectivity index (χ0v) is 8.78. The maximum atomic E-state index is 10.9. The van der Waals surface area contributed by atoms with Gasteiger partial charge < -0.3 is 0 Å². The molecule has 0 amide bonds. The lowest BCUT2D eigenvalue weighted by Gasteiger charge is -2.07. The summed E-state index contributed by atoms with van der Waals surface area (Å²) in [6.07, 6.45) is 0. The van der Waals surface area contributed by atoms with Gasteiger partial charge in [-0.2, -0.15) is 8.42 Å². The fourth-order valence-corrected chi connectivity index (χ4v) is 2.43. The van der Waals surface area contributed by atoms with Crippen LogP contribution >= 0.6 is 11.6 Å². The summed E-state index contributed by atoms with van der Waals surface area (Å²) < 4.78 is 30.7. The fourth-order valence-electron chi connectivity index (χ4n) is 1.07. The number of hydrogen-bond donors (Lipinski definition) is 1. The van der Waals surface area contributed by atoms with E-state index in [4.69, 9.17) is 16.2 Å². The van der Waals surface area contributed by atoms with Crippen LogP contribution in [-0.2, 0) is 10.1 Å². The summed E-state index contributed by atoms with van der Waals surface area (Å²) in [5, 5.41) is 0.0469. The molecule has 13 heavy (non-hydrogen) atoms. The van der Waals surface area contributed by atoms with E-state index in [-0.39, 0.29) is 9.92 Å². The summed E-state index contributed by atoms with van der Waals surface area (Å²) in [7, 11) is -4.22. The van der Waals surface area contributed by atoms with Gasteiger partial charge in [0.1, 0.15) is 4.90 Å². The van der Waals surface area contributed by atoms with Gasteiger partial charge in [-0.15, -0.1) is 0 Å². The van der Waals surface area contributed by atoms with Crippen molar-refractivity contribution in [1.29, 1.82) is 0 Å². The van der Waals surface area contributed by atoms with Crippen molar-refractivity contribution in [3.63, 3.8) is 0 Å². The molecule has 0 aliphatic heterocycles. The number of hydrogen-bond acceptors (Lipinski definition) is 2. The van der Waals surface area contributed by atoms with Crippen molar-refractivity contribution in [1.82, 2.24) is 0 Å². The van der Waals surface area contributed by atoms with Gasteiger partial charge in [0.2, 0.25) is 0 Å². The first-order valence-electron chi connectivity index (χ1n) is 3.57. The Kier molecular flexibility index (Phi) is 2.66. The molecule has 0 saturated carbocycles. The molecule has 1 aromatic rings. The molecule has 5 heteroatoms. The van der Waals surface area contributed by atoms with Crippen molar-refractivity contribution in [3.8, 4) is 0 Å². The number of rotatable bonds is 1. The number of benzene rings is 1. The van der Waals surface area contributed by atoms with Crippen molar-refractivity contribution >= 4 is 21.7 Å². The van der Waals surface area contributed by atoms with Gasteiger partial charge in [-0.05, 0) is 31.0 Å². The van der Waals surface area contributed by atoms with Crippen molar-refractivity contribution < 1.29 is 13.0 Å². The smallest absolute Gasteiger partial charge is 0.282 e. The zero-order chi connectivity index (χ0) is 10.2. The van der Waals surface area contributed by atoms with Gasteiger partial charge in [-0.25, -0.2) is 0 Å². The first kappa shape index (κ1) is 10.5. The van der Waals surface area contributed by atoms with E-state index in [0.717, 1.165) is 5.56 Å². The Balaban J connectivity index is 3.62. The average molecular weight is 221 g/mol. The van der Waals surface area contributed by atoms with Crippen LogP contribution in [0, 0.1) is 13.8 Å². The largest absolute Gasteiger partial charge is 0.296 e. The van der Waals surface area contributed by atoms with Gasteiger partial charge in [0.25, 0.3) is 10.1 Å². The van der Waals surface area contributed by atoms with Crippen LogP contribution in [0.4, 0.5) is 0 Å². The van der Waals surface area contributed by atoms with Gasteiger partial charge in [0, 0.05) is 0 Å². The van der Waals surface area contributed by atoms with Crippen LogP contribution in [0.25, 0.3) is 0 Å². The second-order valence-electron chi connectivity index (χ2n) is 2.79. The minimum Gasteiger partial charge on any atom is -0.282 e. The van der Waals surface area contributed by atoms with Crippen LogP contribution in [0.1, 0.15) is 11.1 Å². The third-order valence-corrected chi connectivity index (χ3v) is 3.36. The highest BCUT2D eigenvalue weighted by Crippen LogP contribution is 2.26. The standard InChI is InChI=1S/C8H9ClO3S/c1-5-3-4-7(9)8(6(5)2)13(10,11)12/h3-4H,1-2H3,(H,10,11,12). The molecule has 0 spiro atoms. The van der Waals surface area contributed by atoms with Gasteiger partial charge in [0.15, 0.2) is 0 Å². The van der Waals surface area contributed by atoms with Crippen molar-refractivity contribution in [2.45, 2.75) is 18.7 Å². The van der Waals surface area contributed by atoms with E-state index in [1.165, 1.54) is 6.07 Å². The maximum Gasteiger partial charge on any atom is 0.296 e. The molecule has 1 aromatic carbocycles. The molecular formula is C8H9ClO3S. The van der Waals surface area contributed by atoms with Crippen molar-refractivity contribution in [3.05, 3.63) is 28.3 Å². The number of aryl methyl sites for hydroxylation is 1. The van der Waals surface area contributed by atoms with Gasteiger partial charge in [-0.1, -0.05) is 17.7 Å². The predicted molar refractivity (Wildman–Crippen MR) is 50.7 cm³/mol. The quantitative estimate of drug-likeness (QED) is 0.739. The highest BCUT2D eigenvalue weighted by molar-refractivity contribution is 7.86. The first-order chi connectivity index (χ1) is 5.84. The van der Waals surface area contributed by atoms with E-state index in [1.54, 1.807) is 19.9 Å². The topological polar surface area (TPSA) is 54.4 Å². The fraction of sp³-hybridized carbons (Fsp3) is 0.250. The summed E-state index contributed by atoms with van der Waals surface area (Å²) >= 11 is 5.65. The lowest BCUT2D eigenvalue weighted by Crippen LogP contribution is -2.03. The number of halogens is 1. The Bertz CT molecular complexity index is 437. The van der Waals surface area contributed by atoms with E-state index < -0.39 is 10.1 Å². The summed E-state index contributed by atoms with van der Waals surface area (Å²) in [4.78, 5) is -0.200. The highest BCUT2D eigenvalue weighted by Gasteiger charge is 2.18. The van der Waals surface area contributed by atoms with Crippen molar-refractivity contribution in [2.75, 3.05) is 0 Å². The normalized spacial score (nSPS) is 11.7. The van der Waals surface area contributed by atoms with E-state index in [0.29, 0.717) is 5.56 Å². The molecule has 0 unspecified atom stereocenters. The molecule has 72 valence electrons. The Morgan fingerprint density at radius 2 is 1.85 bits per heavy atom. The minimum atomic E-state index is -4.22. The molecule has 0 aliphatic carbocycles. The molecule has 0 atom stereocenters. The summed E-state index contributed by atoms with van der Waals surface area (Å²) in [5.41, 5.74) is 1.26. The Hall–Kier alpha value is -0.580. The Labute approximate surface area is 82.1 Å². The first-order valence-corrected chi connectivity index (χ1v) is 5.39. The Morgan fingerprint density at radius 1 is 1.31 bits per heavy atom. The van der Waals surface area contributed by atoms with Crippen molar-refractivity contribution in [2.24, 2.45) is 0 Å². The zero-order valence-electron chi connectivity index (χ0n) is 7.20. The molecule has 0 aromatic heterocycles. The van der Waals surface area contributed by atoms with Crippen LogP contribution in [0.2, 0.25) is 5.02 Å². The third-order valence-electron chi connectivity index (χ3n) is 1.89. The lowest BCUT2D eigenvalue weighted by molar-refractivity contribution is 0.482. The van der Waals surface area contributed by atoms with Crippen LogP contribution in [0.5, 0.6) is 0 Å². The SMILES string of the molecule is Cc1ccc(Cl)c(S(=O)(=O)O)c1C. The second-order valence-corrected chi connectivity index (χ2v) is 4.56.